The van der Waals surface area contributed by atoms with Gasteiger partial charge in [0.15, 0.2) is 0 Å². The first-order valence-electron chi connectivity index (χ1n) is 4.78. The fourth-order valence-electron chi connectivity index (χ4n) is 1.63. The molecule has 1 aliphatic carbocycles. The molecule has 1 heterocycles. The van der Waals surface area contributed by atoms with Crippen LogP contribution in [0.2, 0.25) is 0 Å². The molecule has 5 nitrogen and oxygen atoms in total. The lowest BCUT2D eigenvalue weighted by Gasteiger charge is -2.15. The Kier molecular flexibility index (Phi) is 2.23. The van der Waals surface area contributed by atoms with Crippen LogP contribution in [0.25, 0.3) is 0 Å². The zero-order chi connectivity index (χ0) is 10.1. The molecule has 0 aromatic heterocycles. The van der Waals surface area contributed by atoms with Crippen LogP contribution in [0.5, 0.6) is 0 Å². The molecule has 1 aliphatic heterocycles. The Labute approximate surface area is 81.7 Å². The molecule has 3 amide bonds. The van der Waals surface area contributed by atoms with E-state index in [9.17, 15) is 14.4 Å². The first-order valence-corrected chi connectivity index (χ1v) is 4.78. The first kappa shape index (κ1) is 9.18. The summed E-state index contributed by atoms with van der Waals surface area (Å²) in [5, 5.41) is 0. The predicted octanol–water partition coefficient (Wildman–Crippen LogP) is 0.00200. The number of rotatable bonds is 4. The van der Waals surface area contributed by atoms with E-state index in [0.717, 1.165) is 19.1 Å². The molecule has 76 valence electrons. The van der Waals surface area contributed by atoms with Crippen molar-refractivity contribution < 1.29 is 14.4 Å². The third-order valence-electron chi connectivity index (χ3n) is 2.54. The van der Waals surface area contributed by atoms with Gasteiger partial charge in [-0.15, -0.1) is 0 Å². The monoisotopic (exact) mass is 196 g/mol. The molecule has 0 unspecified atom stereocenters. The van der Waals surface area contributed by atoms with Crippen molar-refractivity contribution in [3.63, 3.8) is 0 Å². The Morgan fingerprint density at radius 2 is 2.07 bits per heavy atom. The Morgan fingerprint density at radius 3 is 2.64 bits per heavy atom. The highest BCUT2D eigenvalue weighted by Gasteiger charge is 2.43. The highest BCUT2D eigenvalue weighted by molar-refractivity contribution is 6.02. The lowest BCUT2D eigenvalue weighted by atomic mass is 10.4. The van der Waals surface area contributed by atoms with Crippen molar-refractivity contribution in [3.05, 3.63) is 0 Å². The molecule has 0 spiro atoms. The molecular weight excluding hydrogens is 184 g/mol. The lowest BCUT2D eigenvalue weighted by Crippen LogP contribution is -2.34. The smallest absolute Gasteiger partial charge is 0.312 e. The van der Waals surface area contributed by atoms with Crippen LogP contribution < -0.4 is 0 Å². The quantitative estimate of drug-likeness (QED) is 0.470. The van der Waals surface area contributed by atoms with E-state index in [0.29, 0.717) is 0 Å². The van der Waals surface area contributed by atoms with Crippen molar-refractivity contribution >= 4 is 18.2 Å². The van der Waals surface area contributed by atoms with Crippen molar-refractivity contribution in [1.29, 1.82) is 0 Å². The molecular formula is C9H12N2O3. The van der Waals surface area contributed by atoms with E-state index >= 15 is 0 Å². The van der Waals surface area contributed by atoms with Gasteiger partial charge >= 0.3 is 6.03 Å². The summed E-state index contributed by atoms with van der Waals surface area (Å²) in [6.07, 6.45) is 2.96. The molecule has 2 fully saturated rings. The Hall–Kier alpha value is -1.39. The van der Waals surface area contributed by atoms with Crippen molar-refractivity contribution in [2.24, 2.45) is 0 Å². The Morgan fingerprint density at radius 1 is 1.36 bits per heavy atom. The van der Waals surface area contributed by atoms with Gasteiger partial charge in [0.1, 0.15) is 12.8 Å². The van der Waals surface area contributed by atoms with E-state index in [1.165, 1.54) is 4.90 Å². The number of carbonyl (C=O) groups is 3. The maximum Gasteiger partial charge on any atom is 0.327 e. The largest absolute Gasteiger partial charge is 0.327 e. The normalized spacial score (nSPS) is 22.0. The average Bonchev–Trinajstić information content (AvgIpc) is 2.94. The summed E-state index contributed by atoms with van der Waals surface area (Å²) >= 11 is 0. The number of imide groups is 1. The number of amides is 3. The number of carbonyl (C=O) groups excluding carboxylic acids is 3. The molecule has 0 atom stereocenters. The molecule has 14 heavy (non-hydrogen) atoms. The zero-order valence-electron chi connectivity index (χ0n) is 7.81. The van der Waals surface area contributed by atoms with Gasteiger partial charge in [-0.05, 0) is 12.8 Å². The fourth-order valence-corrected chi connectivity index (χ4v) is 1.63. The minimum Gasteiger partial charge on any atom is -0.312 e. The second kappa shape index (κ2) is 3.40. The molecule has 0 bridgehead atoms. The molecule has 2 rings (SSSR count). The van der Waals surface area contributed by atoms with Gasteiger partial charge in [0, 0.05) is 19.0 Å². The van der Waals surface area contributed by atoms with Crippen LogP contribution in [0.15, 0.2) is 0 Å². The lowest BCUT2D eigenvalue weighted by molar-refractivity contribution is -0.125. The Bertz CT molecular complexity index is 286. The van der Waals surface area contributed by atoms with E-state index in [4.69, 9.17) is 0 Å². The van der Waals surface area contributed by atoms with Crippen LogP contribution in [0, 0.1) is 0 Å². The third kappa shape index (κ3) is 1.49. The molecule has 2 aliphatic rings. The van der Waals surface area contributed by atoms with Gasteiger partial charge in [-0.1, -0.05) is 0 Å². The maximum atomic E-state index is 11.6. The van der Waals surface area contributed by atoms with Gasteiger partial charge in [0.25, 0.3) is 0 Å². The highest BCUT2D eigenvalue weighted by atomic mass is 16.2. The molecule has 1 saturated heterocycles. The van der Waals surface area contributed by atoms with E-state index in [-0.39, 0.29) is 37.5 Å². The summed E-state index contributed by atoms with van der Waals surface area (Å²) in [7, 11) is 0. The van der Waals surface area contributed by atoms with Gasteiger partial charge in [-0.3, -0.25) is 9.69 Å². The highest BCUT2D eigenvalue weighted by Crippen LogP contribution is 2.30. The van der Waals surface area contributed by atoms with Crippen LogP contribution in [0.3, 0.4) is 0 Å². The number of urea groups is 1. The van der Waals surface area contributed by atoms with E-state index < -0.39 is 0 Å². The third-order valence-corrected chi connectivity index (χ3v) is 2.54. The molecule has 0 radical (unpaired) electrons. The summed E-state index contributed by atoms with van der Waals surface area (Å²) in [5.74, 6) is -0.177. The topological polar surface area (TPSA) is 57.7 Å². The van der Waals surface area contributed by atoms with Crippen LogP contribution in [0.4, 0.5) is 4.79 Å². The second-order valence-electron chi connectivity index (χ2n) is 3.64. The van der Waals surface area contributed by atoms with Gasteiger partial charge in [0.05, 0.1) is 0 Å². The molecule has 0 aromatic rings. The maximum absolute atomic E-state index is 11.6. The summed E-state index contributed by atoms with van der Waals surface area (Å²) in [5.41, 5.74) is 0. The number of hydrogen-bond acceptors (Lipinski definition) is 3. The van der Waals surface area contributed by atoms with E-state index in [2.05, 4.69) is 0 Å². The Balaban J connectivity index is 1.99. The van der Waals surface area contributed by atoms with Crippen molar-refractivity contribution in [1.82, 2.24) is 9.80 Å². The van der Waals surface area contributed by atoms with Gasteiger partial charge in [-0.2, -0.15) is 0 Å². The SMILES string of the molecule is O=CCCN1C(=O)CN(C2CC2)C1=O. The first-order chi connectivity index (χ1) is 6.74. The average molecular weight is 196 g/mol. The van der Waals surface area contributed by atoms with E-state index in [1.807, 2.05) is 0 Å². The van der Waals surface area contributed by atoms with E-state index in [1.54, 1.807) is 4.90 Å². The van der Waals surface area contributed by atoms with Crippen molar-refractivity contribution in [2.75, 3.05) is 13.1 Å². The van der Waals surface area contributed by atoms with Gasteiger partial charge < -0.3 is 9.69 Å². The minimum atomic E-state index is -0.223. The summed E-state index contributed by atoms with van der Waals surface area (Å²) < 4.78 is 0. The summed E-state index contributed by atoms with van der Waals surface area (Å²) in [4.78, 5) is 35.9. The van der Waals surface area contributed by atoms with Gasteiger partial charge in [0.2, 0.25) is 5.91 Å². The predicted molar refractivity (Wildman–Crippen MR) is 47.5 cm³/mol. The van der Waals surface area contributed by atoms with Crippen molar-refractivity contribution in [2.45, 2.75) is 25.3 Å². The molecule has 0 N–H and O–H groups in total. The number of hydrogen-bond donors (Lipinski definition) is 0. The van der Waals surface area contributed by atoms with Crippen LogP contribution >= 0.6 is 0 Å². The van der Waals surface area contributed by atoms with Gasteiger partial charge in [-0.25, -0.2) is 4.79 Å². The van der Waals surface area contributed by atoms with Crippen molar-refractivity contribution in [3.8, 4) is 0 Å². The molecule has 0 aromatic carbocycles. The number of nitrogens with zero attached hydrogens (tertiary/aromatic N) is 2. The standard InChI is InChI=1S/C9H12N2O3/c12-5-1-4-10-8(13)6-11(9(10)14)7-2-3-7/h5,7H,1-4,6H2. The summed E-state index contributed by atoms with van der Waals surface area (Å²) in [6.45, 7) is 0.423. The summed E-state index contributed by atoms with van der Waals surface area (Å²) in [6, 6.07) is 0.0482. The number of aldehydes is 1. The minimum absolute atomic E-state index is 0.177. The second-order valence-corrected chi connectivity index (χ2v) is 3.64. The van der Waals surface area contributed by atoms with Crippen LogP contribution in [-0.2, 0) is 9.59 Å². The molecule has 5 heteroatoms. The van der Waals surface area contributed by atoms with Crippen LogP contribution in [0.1, 0.15) is 19.3 Å². The zero-order valence-corrected chi connectivity index (χ0v) is 7.81. The molecule has 1 saturated carbocycles. The van der Waals surface area contributed by atoms with Crippen LogP contribution in [-0.4, -0.2) is 47.2 Å². The fraction of sp³-hybridized carbons (Fsp3) is 0.667.